The van der Waals surface area contributed by atoms with Gasteiger partial charge in [0.25, 0.3) is 0 Å². The van der Waals surface area contributed by atoms with Crippen molar-refractivity contribution < 1.29 is 0 Å². The van der Waals surface area contributed by atoms with Gasteiger partial charge in [-0.05, 0) is 41.0 Å². The molecular weight excluding hydrogens is 429 g/mol. The Hall–Kier alpha value is -0.900. The minimum Gasteiger partial charge on any atom is -0.357 e. The van der Waals surface area contributed by atoms with Crippen LogP contribution in [0.25, 0.3) is 0 Å². The number of hydrogen-bond acceptors (Lipinski definition) is 4. The molecule has 0 fully saturated rings. The van der Waals surface area contributed by atoms with E-state index in [0.717, 1.165) is 37.8 Å². The van der Waals surface area contributed by atoms with Gasteiger partial charge in [-0.2, -0.15) is 5.10 Å². The molecule has 146 valence electrons. The van der Waals surface area contributed by atoms with Gasteiger partial charge in [0.2, 0.25) is 0 Å². The van der Waals surface area contributed by atoms with Gasteiger partial charge in [0.1, 0.15) is 12.2 Å². The number of nitrogens with one attached hydrogen (secondary N) is 1. The standard InChI is InChI=1S/C17H35N7.HI/c1-8-18-17(22(6)12-16-20-13-21-23(16)7)19-10-9-11-24(14(2)3)15(4)5;/h13-15H,8-12H2,1-7H3,(H,18,19);1H. The Kier molecular flexibility index (Phi) is 12.0. The van der Waals surface area contributed by atoms with Gasteiger partial charge < -0.3 is 10.2 Å². The van der Waals surface area contributed by atoms with Gasteiger partial charge >= 0.3 is 0 Å². The molecule has 0 bridgehead atoms. The Morgan fingerprint density at radius 1 is 1.28 bits per heavy atom. The highest BCUT2D eigenvalue weighted by molar-refractivity contribution is 14.0. The van der Waals surface area contributed by atoms with Crippen LogP contribution in [0.5, 0.6) is 0 Å². The van der Waals surface area contributed by atoms with E-state index in [0.29, 0.717) is 18.6 Å². The molecule has 0 spiro atoms. The van der Waals surface area contributed by atoms with Crippen molar-refractivity contribution in [1.82, 2.24) is 29.9 Å². The smallest absolute Gasteiger partial charge is 0.194 e. The molecule has 1 aromatic heterocycles. The molecule has 0 amide bonds. The van der Waals surface area contributed by atoms with Crippen molar-refractivity contribution in [3.63, 3.8) is 0 Å². The molecule has 0 unspecified atom stereocenters. The Balaban J connectivity index is 0.00000576. The molecule has 1 N–H and O–H groups in total. The van der Waals surface area contributed by atoms with Crippen LogP contribution in [0.4, 0.5) is 0 Å². The lowest BCUT2D eigenvalue weighted by atomic mass is 10.2. The third-order valence-corrected chi connectivity index (χ3v) is 4.04. The predicted octanol–water partition coefficient (Wildman–Crippen LogP) is 2.34. The summed E-state index contributed by atoms with van der Waals surface area (Å²) in [6.45, 7) is 14.5. The number of hydrogen-bond donors (Lipinski definition) is 1. The lowest BCUT2D eigenvalue weighted by molar-refractivity contribution is 0.174. The van der Waals surface area contributed by atoms with E-state index in [-0.39, 0.29) is 24.0 Å². The molecular formula is C17H36IN7. The Labute approximate surface area is 170 Å². The van der Waals surface area contributed by atoms with Crippen LogP contribution in [0, 0.1) is 0 Å². The maximum atomic E-state index is 4.76. The van der Waals surface area contributed by atoms with Gasteiger partial charge in [0, 0.05) is 45.8 Å². The molecule has 1 rings (SSSR count). The number of rotatable bonds is 9. The second kappa shape index (κ2) is 12.5. The van der Waals surface area contributed by atoms with E-state index in [4.69, 9.17) is 4.99 Å². The molecule has 0 aliphatic rings. The third-order valence-electron chi connectivity index (χ3n) is 4.04. The van der Waals surface area contributed by atoms with E-state index >= 15 is 0 Å². The molecule has 1 aromatic rings. The molecule has 1 heterocycles. The van der Waals surface area contributed by atoms with Crippen LogP contribution in [0.15, 0.2) is 11.3 Å². The summed E-state index contributed by atoms with van der Waals surface area (Å²) in [6.07, 6.45) is 2.64. The van der Waals surface area contributed by atoms with Crippen LogP contribution in [-0.2, 0) is 13.6 Å². The first-order chi connectivity index (χ1) is 11.4. The molecule has 0 atom stereocenters. The average Bonchev–Trinajstić information content (AvgIpc) is 2.90. The van der Waals surface area contributed by atoms with E-state index in [1.54, 1.807) is 11.0 Å². The zero-order chi connectivity index (χ0) is 18.1. The zero-order valence-electron chi connectivity index (χ0n) is 16.9. The zero-order valence-corrected chi connectivity index (χ0v) is 19.2. The molecule has 0 aliphatic heterocycles. The Morgan fingerprint density at radius 2 is 1.92 bits per heavy atom. The van der Waals surface area contributed by atoms with Crippen molar-refractivity contribution in [1.29, 1.82) is 0 Å². The van der Waals surface area contributed by atoms with Crippen molar-refractivity contribution in [3.05, 3.63) is 12.2 Å². The molecule has 0 saturated heterocycles. The maximum absolute atomic E-state index is 4.76. The summed E-state index contributed by atoms with van der Waals surface area (Å²) in [7, 11) is 3.94. The van der Waals surface area contributed by atoms with Crippen LogP contribution >= 0.6 is 24.0 Å². The number of guanidine groups is 1. The summed E-state index contributed by atoms with van der Waals surface area (Å²) in [6, 6.07) is 1.14. The number of aromatic nitrogens is 3. The minimum absolute atomic E-state index is 0. The fourth-order valence-electron chi connectivity index (χ4n) is 2.77. The minimum atomic E-state index is 0. The third kappa shape index (κ3) is 8.35. The predicted molar refractivity (Wildman–Crippen MR) is 115 cm³/mol. The second-order valence-electron chi connectivity index (χ2n) is 6.67. The quantitative estimate of drug-likeness (QED) is 0.263. The fourth-order valence-corrected chi connectivity index (χ4v) is 2.77. The average molecular weight is 465 g/mol. The largest absolute Gasteiger partial charge is 0.357 e. The van der Waals surface area contributed by atoms with Gasteiger partial charge in [-0.25, -0.2) is 4.98 Å². The summed E-state index contributed by atoms with van der Waals surface area (Å²) in [5.41, 5.74) is 0. The highest BCUT2D eigenvalue weighted by Crippen LogP contribution is 2.06. The SMILES string of the molecule is CCNC(=NCCCN(C(C)C)C(C)C)N(C)Cc1ncnn1C.I. The fraction of sp³-hybridized carbons (Fsp3) is 0.824. The van der Waals surface area contributed by atoms with Crippen LogP contribution in [0.3, 0.4) is 0 Å². The first-order valence-corrected chi connectivity index (χ1v) is 8.94. The summed E-state index contributed by atoms with van der Waals surface area (Å²) in [5.74, 6) is 1.84. The monoisotopic (exact) mass is 465 g/mol. The van der Waals surface area contributed by atoms with Gasteiger partial charge in [0.05, 0.1) is 6.54 Å². The van der Waals surface area contributed by atoms with E-state index in [9.17, 15) is 0 Å². The maximum Gasteiger partial charge on any atom is 0.194 e. The number of nitrogens with zero attached hydrogens (tertiary/aromatic N) is 6. The lowest BCUT2D eigenvalue weighted by Crippen LogP contribution is -2.40. The van der Waals surface area contributed by atoms with Crippen molar-refractivity contribution in [2.45, 2.75) is 59.7 Å². The summed E-state index contributed by atoms with van der Waals surface area (Å²) < 4.78 is 1.79. The van der Waals surface area contributed by atoms with E-state index in [1.807, 2.05) is 14.1 Å². The van der Waals surface area contributed by atoms with Crippen molar-refractivity contribution in [3.8, 4) is 0 Å². The molecule has 25 heavy (non-hydrogen) atoms. The number of aliphatic imine (C=N–C) groups is 1. The Bertz CT molecular complexity index is 491. The van der Waals surface area contributed by atoms with Crippen LogP contribution < -0.4 is 5.32 Å². The van der Waals surface area contributed by atoms with Crippen molar-refractivity contribution >= 4 is 29.9 Å². The molecule has 0 saturated carbocycles. The normalized spacial score (nSPS) is 12.0. The second-order valence-corrected chi connectivity index (χ2v) is 6.67. The Morgan fingerprint density at radius 3 is 2.40 bits per heavy atom. The summed E-state index contributed by atoms with van der Waals surface area (Å²) >= 11 is 0. The highest BCUT2D eigenvalue weighted by atomic mass is 127. The lowest BCUT2D eigenvalue weighted by Gasteiger charge is -2.30. The van der Waals surface area contributed by atoms with Crippen LogP contribution in [0.1, 0.15) is 46.9 Å². The topological polar surface area (TPSA) is 61.6 Å². The first-order valence-electron chi connectivity index (χ1n) is 8.94. The van der Waals surface area contributed by atoms with Gasteiger partial charge in [-0.1, -0.05) is 0 Å². The van der Waals surface area contributed by atoms with Crippen LogP contribution in [0.2, 0.25) is 0 Å². The van der Waals surface area contributed by atoms with Gasteiger partial charge in [0.15, 0.2) is 5.96 Å². The first kappa shape index (κ1) is 24.1. The van der Waals surface area contributed by atoms with E-state index in [1.165, 1.54) is 0 Å². The van der Waals surface area contributed by atoms with E-state index < -0.39 is 0 Å². The molecule has 7 nitrogen and oxygen atoms in total. The molecule has 0 aliphatic carbocycles. The van der Waals surface area contributed by atoms with Gasteiger partial charge in [-0.3, -0.25) is 14.6 Å². The molecule has 0 aromatic carbocycles. The number of aryl methyl sites for hydroxylation is 1. The van der Waals surface area contributed by atoms with Crippen molar-refractivity contribution in [2.75, 3.05) is 26.7 Å². The van der Waals surface area contributed by atoms with Crippen molar-refractivity contribution in [2.24, 2.45) is 12.0 Å². The van der Waals surface area contributed by atoms with E-state index in [2.05, 4.69) is 59.8 Å². The summed E-state index contributed by atoms with van der Waals surface area (Å²) in [5, 5.41) is 7.47. The number of halogens is 1. The van der Waals surface area contributed by atoms with Gasteiger partial charge in [-0.15, -0.1) is 24.0 Å². The van der Waals surface area contributed by atoms with Crippen LogP contribution in [-0.4, -0.2) is 69.3 Å². The highest BCUT2D eigenvalue weighted by Gasteiger charge is 2.13. The summed E-state index contributed by atoms with van der Waals surface area (Å²) in [4.78, 5) is 13.6. The molecule has 0 radical (unpaired) electrons. The molecule has 8 heteroatoms.